The van der Waals surface area contributed by atoms with Crippen LogP contribution in [-0.2, 0) is 6.42 Å². The van der Waals surface area contributed by atoms with Gasteiger partial charge >= 0.3 is 0 Å². The summed E-state index contributed by atoms with van der Waals surface area (Å²) in [6.07, 6.45) is 5.76. The maximum atomic E-state index is 13.3. The lowest BCUT2D eigenvalue weighted by Crippen LogP contribution is -2.32. The molecular formula is C16H24FNO. The van der Waals surface area contributed by atoms with Gasteiger partial charge in [-0.05, 0) is 68.3 Å². The van der Waals surface area contributed by atoms with Crippen molar-refractivity contribution in [1.82, 2.24) is 5.32 Å². The molecule has 0 heterocycles. The molecule has 2 rings (SSSR count). The Balaban J connectivity index is 1.94. The van der Waals surface area contributed by atoms with Gasteiger partial charge in [-0.2, -0.15) is 0 Å². The molecule has 1 aliphatic carbocycles. The van der Waals surface area contributed by atoms with Gasteiger partial charge < -0.3 is 10.1 Å². The molecule has 19 heavy (non-hydrogen) atoms. The van der Waals surface area contributed by atoms with Crippen LogP contribution < -0.4 is 10.1 Å². The van der Waals surface area contributed by atoms with Crippen molar-refractivity contribution in [2.45, 2.75) is 45.1 Å². The number of nitrogens with one attached hydrogen (secondary N) is 1. The van der Waals surface area contributed by atoms with Crippen molar-refractivity contribution in [3.63, 3.8) is 0 Å². The lowest BCUT2D eigenvalue weighted by atomic mass is 10.0. The van der Waals surface area contributed by atoms with E-state index in [4.69, 9.17) is 4.74 Å². The second-order valence-corrected chi connectivity index (χ2v) is 5.39. The van der Waals surface area contributed by atoms with Crippen molar-refractivity contribution in [3.8, 4) is 5.75 Å². The zero-order chi connectivity index (χ0) is 13.7. The first-order chi connectivity index (χ1) is 9.24. The predicted molar refractivity (Wildman–Crippen MR) is 76.1 cm³/mol. The van der Waals surface area contributed by atoms with Gasteiger partial charge in [-0.25, -0.2) is 4.39 Å². The number of methoxy groups -OCH3 is 1. The van der Waals surface area contributed by atoms with Gasteiger partial charge in [-0.3, -0.25) is 0 Å². The first kappa shape index (κ1) is 14.3. The van der Waals surface area contributed by atoms with Crippen molar-refractivity contribution in [2.75, 3.05) is 13.7 Å². The first-order valence-corrected chi connectivity index (χ1v) is 7.30. The molecule has 0 radical (unpaired) electrons. The number of aryl methyl sites for hydroxylation is 1. The molecule has 1 aromatic carbocycles. The molecule has 0 spiro atoms. The van der Waals surface area contributed by atoms with Crippen molar-refractivity contribution >= 4 is 0 Å². The number of hydrogen-bond acceptors (Lipinski definition) is 2. The van der Waals surface area contributed by atoms with E-state index < -0.39 is 0 Å². The molecule has 106 valence electrons. The van der Waals surface area contributed by atoms with Gasteiger partial charge in [0.25, 0.3) is 0 Å². The van der Waals surface area contributed by atoms with Crippen LogP contribution >= 0.6 is 0 Å². The van der Waals surface area contributed by atoms with E-state index >= 15 is 0 Å². The number of halogens is 1. The summed E-state index contributed by atoms with van der Waals surface area (Å²) in [5, 5.41) is 3.62. The lowest BCUT2D eigenvalue weighted by molar-refractivity contribution is 0.400. The van der Waals surface area contributed by atoms with Crippen LogP contribution in [0.25, 0.3) is 0 Å². The minimum absolute atomic E-state index is 0.180. The second-order valence-electron chi connectivity index (χ2n) is 5.39. The van der Waals surface area contributed by atoms with E-state index in [1.807, 2.05) is 0 Å². The third kappa shape index (κ3) is 4.20. The normalized spacial score (nSPS) is 16.4. The van der Waals surface area contributed by atoms with Gasteiger partial charge in [0, 0.05) is 6.04 Å². The van der Waals surface area contributed by atoms with E-state index in [9.17, 15) is 4.39 Å². The van der Waals surface area contributed by atoms with E-state index in [1.54, 1.807) is 19.2 Å². The first-order valence-electron chi connectivity index (χ1n) is 7.30. The molecule has 0 aromatic heterocycles. The SMILES string of the molecule is CCCNC(CCc1cc(F)ccc1OC)C1CC1. The Morgan fingerprint density at radius 1 is 1.42 bits per heavy atom. The molecule has 0 amide bonds. The van der Waals surface area contributed by atoms with Crippen molar-refractivity contribution in [1.29, 1.82) is 0 Å². The molecule has 1 unspecified atom stereocenters. The summed E-state index contributed by atoms with van der Waals surface area (Å²) < 4.78 is 18.6. The molecule has 1 N–H and O–H groups in total. The zero-order valence-corrected chi connectivity index (χ0v) is 11.9. The summed E-state index contributed by atoms with van der Waals surface area (Å²) in [6.45, 7) is 3.26. The zero-order valence-electron chi connectivity index (χ0n) is 11.9. The molecule has 1 atom stereocenters. The second kappa shape index (κ2) is 6.90. The number of rotatable bonds is 8. The maximum Gasteiger partial charge on any atom is 0.123 e. The standard InChI is InChI=1S/C16H24FNO/c1-3-10-18-15(12-4-5-12)8-6-13-11-14(17)7-9-16(13)19-2/h7,9,11-12,15,18H,3-6,8,10H2,1-2H3. The summed E-state index contributed by atoms with van der Waals surface area (Å²) >= 11 is 0. The highest BCUT2D eigenvalue weighted by Crippen LogP contribution is 2.35. The minimum Gasteiger partial charge on any atom is -0.496 e. The van der Waals surface area contributed by atoms with Crippen molar-refractivity contribution in [2.24, 2.45) is 5.92 Å². The number of benzene rings is 1. The molecule has 0 bridgehead atoms. The Morgan fingerprint density at radius 3 is 2.84 bits per heavy atom. The molecule has 0 saturated heterocycles. The number of hydrogen-bond donors (Lipinski definition) is 1. The smallest absolute Gasteiger partial charge is 0.123 e. The van der Waals surface area contributed by atoms with Crippen LogP contribution in [0.4, 0.5) is 4.39 Å². The van der Waals surface area contributed by atoms with Crippen LogP contribution in [0.1, 0.15) is 38.2 Å². The van der Waals surface area contributed by atoms with E-state index in [0.29, 0.717) is 6.04 Å². The summed E-state index contributed by atoms with van der Waals surface area (Å²) in [6, 6.07) is 5.35. The van der Waals surface area contributed by atoms with Crippen LogP contribution in [0, 0.1) is 11.7 Å². The summed E-state index contributed by atoms with van der Waals surface area (Å²) in [5.74, 6) is 1.44. The van der Waals surface area contributed by atoms with Gasteiger partial charge in [0.2, 0.25) is 0 Å². The topological polar surface area (TPSA) is 21.3 Å². The summed E-state index contributed by atoms with van der Waals surface area (Å²) in [4.78, 5) is 0. The Morgan fingerprint density at radius 2 is 2.21 bits per heavy atom. The van der Waals surface area contributed by atoms with Crippen LogP contribution in [0.3, 0.4) is 0 Å². The van der Waals surface area contributed by atoms with Gasteiger partial charge in [-0.15, -0.1) is 0 Å². The molecular weight excluding hydrogens is 241 g/mol. The third-order valence-electron chi connectivity index (χ3n) is 3.81. The predicted octanol–water partition coefficient (Wildman–Crippen LogP) is 3.55. The van der Waals surface area contributed by atoms with E-state index in [1.165, 1.54) is 18.9 Å². The quantitative estimate of drug-likeness (QED) is 0.776. The molecule has 1 aromatic rings. The Hall–Kier alpha value is -1.09. The minimum atomic E-state index is -0.180. The van der Waals surface area contributed by atoms with Gasteiger partial charge in [0.15, 0.2) is 0 Å². The van der Waals surface area contributed by atoms with Crippen molar-refractivity contribution < 1.29 is 9.13 Å². The Kier molecular flexibility index (Phi) is 5.20. The number of ether oxygens (including phenoxy) is 1. The maximum absolute atomic E-state index is 13.3. The Bertz CT molecular complexity index is 404. The van der Waals surface area contributed by atoms with Crippen LogP contribution in [0.5, 0.6) is 5.75 Å². The van der Waals surface area contributed by atoms with Crippen LogP contribution in [0.15, 0.2) is 18.2 Å². The van der Waals surface area contributed by atoms with Crippen molar-refractivity contribution in [3.05, 3.63) is 29.6 Å². The molecule has 2 nitrogen and oxygen atoms in total. The summed E-state index contributed by atoms with van der Waals surface area (Å²) in [7, 11) is 1.64. The third-order valence-corrected chi connectivity index (χ3v) is 3.81. The highest BCUT2D eigenvalue weighted by Gasteiger charge is 2.30. The van der Waals surface area contributed by atoms with Crippen LogP contribution in [0.2, 0.25) is 0 Å². The van der Waals surface area contributed by atoms with Gasteiger partial charge in [0.1, 0.15) is 11.6 Å². The lowest BCUT2D eigenvalue weighted by Gasteiger charge is -2.18. The highest BCUT2D eigenvalue weighted by atomic mass is 19.1. The molecule has 3 heteroatoms. The van der Waals surface area contributed by atoms with Gasteiger partial charge in [0.05, 0.1) is 7.11 Å². The molecule has 1 fully saturated rings. The molecule has 0 aliphatic heterocycles. The molecule has 1 aliphatic rings. The monoisotopic (exact) mass is 265 g/mol. The molecule has 1 saturated carbocycles. The highest BCUT2D eigenvalue weighted by molar-refractivity contribution is 5.34. The van der Waals surface area contributed by atoms with Crippen LogP contribution in [-0.4, -0.2) is 19.7 Å². The fourth-order valence-electron chi connectivity index (χ4n) is 2.59. The fourth-order valence-corrected chi connectivity index (χ4v) is 2.59. The van der Waals surface area contributed by atoms with E-state index in [0.717, 1.165) is 43.0 Å². The van der Waals surface area contributed by atoms with E-state index in [-0.39, 0.29) is 5.82 Å². The average Bonchev–Trinajstić information content (AvgIpc) is 3.23. The Labute approximate surface area is 115 Å². The average molecular weight is 265 g/mol. The largest absolute Gasteiger partial charge is 0.496 e. The van der Waals surface area contributed by atoms with E-state index in [2.05, 4.69) is 12.2 Å². The summed E-state index contributed by atoms with van der Waals surface area (Å²) in [5.41, 5.74) is 0.978. The fraction of sp³-hybridized carbons (Fsp3) is 0.625. The van der Waals surface area contributed by atoms with Gasteiger partial charge in [-0.1, -0.05) is 6.92 Å².